The Morgan fingerprint density at radius 2 is 1.65 bits per heavy atom. The van der Waals surface area contributed by atoms with Crippen LogP contribution in [0.4, 0.5) is 0 Å². The maximum absolute atomic E-state index is 12.4. The van der Waals surface area contributed by atoms with Gasteiger partial charge in [-0.25, -0.2) is 0 Å². The number of thioether (sulfide) groups is 1. The molecule has 0 saturated carbocycles. The summed E-state index contributed by atoms with van der Waals surface area (Å²) in [6.07, 6.45) is 3.01. The number of benzene rings is 2. The molecule has 2 rings (SSSR count). The Morgan fingerprint density at radius 1 is 1.05 bits per heavy atom. The van der Waals surface area contributed by atoms with E-state index < -0.39 is 0 Å². The number of hydrogen-bond donors (Lipinski definition) is 0. The third-order valence-corrected chi connectivity index (χ3v) is 4.27. The summed E-state index contributed by atoms with van der Waals surface area (Å²) in [5, 5.41) is -0.0601. The quantitative estimate of drug-likeness (QED) is 0.548. The molecule has 0 amide bonds. The van der Waals surface area contributed by atoms with Crippen LogP contribution in [0.1, 0.15) is 12.0 Å². The molecule has 2 aromatic rings. The van der Waals surface area contributed by atoms with Gasteiger partial charge in [-0.2, -0.15) is 0 Å². The molecule has 0 aliphatic carbocycles. The highest BCUT2D eigenvalue weighted by atomic mass is 32.2. The van der Waals surface area contributed by atoms with Crippen LogP contribution in [0.3, 0.4) is 0 Å². The molecule has 0 bridgehead atoms. The highest BCUT2D eigenvalue weighted by Crippen LogP contribution is 2.27. The van der Waals surface area contributed by atoms with Crippen molar-refractivity contribution in [1.29, 1.82) is 0 Å². The van der Waals surface area contributed by atoms with Crippen molar-refractivity contribution < 1.29 is 4.79 Å². The molecule has 0 heterocycles. The fourth-order valence-electron chi connectivity index (χ4n) is 1.97. The average molecular weight is 282 g/mol. The van der Waals surface area contributed by atoms with Gasteiger partial charge >= 0.3 is 0 Å². The van der Waals surface area contributed by atoms with Gasteiger partial charge in [0.15, 0.2) is 5.78 Å². The number of rotatable bonds is 7. The first-order chi connectivity index (χ1) is 9.79. The second-order valence-corrected chi connectivity index (χ2v) is 5.85. The van der Waals surface area contributed by atoms with Gasteiger partial charge in [0.05, 0.1) is 5.25 Å². The Balaban J connectivity index is 2.04. The minimum atomic E-state index is -0.0601. The van der Waals surface area contributed by atoms with E-state index in [2.05, 4.69) is 6.58 Å². The molecule has 0 spiro atoms. The average Bonchev–Trinajstić information content (AvgIpc) is 2.49. The fourth-order valence-corrected chi connectivity index (χ4v) is 3.06. The van der Waals surface area contributed by atoms with Crippen molar-refractivity contribution >= 4 is 17.5 Å². The first kappa shape index (κ1) is 14.6. The van der Waals surface area contributed by atoms with Crippen molar-refractivity contribution in [1.82, 2.24) is 0 Å². The SMILES string of the molecule is C=CCC(Sc1ccccc1)C(=O)Cc1ccccc1. The number of allylic oxidation sites excluding steroid dienone is 1. The lowest BCUT2D eigenvalue weighted by Gasteiger charge is -2.13. The summed E-state index contributed by atoms with van der Waals surface area (Å²) in [6.45, 7) is 3.77. The topological polar surface area (TPSA) is 17.1 Å². The van der Waals surface area contributed by atoms with Gasteiger partial charge in [0, 0.05) is 11.3 Å². The number of ketones is 1. The lowest BCUT2D eigenvalue weighted by atomic mass is 10.1. The third-order valence-electron chi connectivity index (χ3n) is 2.98. The molecule has 0 saturated heterocycles. The Morgan fingerprint density at radius 3 is 2.25 bits per heavy atom. The van der Waals surface area contributed by atoms with E-state index in [1.807, 2.05) is 66.7 Å². The molecule has 102 valence electrons. The van der Waals surface area contributed by atoms with Crippen molar-refractivity contribution in [3.05, 3.63) is 78.9 Å². The van der Waals surface area contributed by atoms with E-state index in [9.17, 15) is 4.79 Å². The lowest BCUT2D eigenvalue weighted by molar-refractivity contribution is -0.117. The van der Waals surface area contributed by atoms with E-state index in [0.29, 0.717) is 12.8 Å². The van der Waals surface area contributed by atoms with Gasteiger partial charge in [0.2, 0.25) is 0 Å². The molecule has 0 fully saturated rings. The van der Waals surface area contributed by atoms with Gasteiger partial charge in [0.1, 0.15) is 0 Å². The molecule has 20 heavy (non-hydrogen) atoms. The minimum Gasteiger partial charge on any atom is -0.298 e. The zero-order chi connectivity index (χ0) is 14.2. The predicted octanol–water partition coefficient (Wildman–Crippen LogP) is 4.54. The monoisotopic (exact) mass is 282 g/mol. The van der Waals surface area contributed by atoms with Crippen LogP contribution in [0.25, 0.3) is 0 Å². The summed E-state index contributed by atoms with van der Waals surface area (Å²) in [5.41, 5.74) is 1.07. The summed E-state index contributed by atoms with van der Waals surface area (Å²) >= 11 is 1.62. The molecular formula is C18H18OS. The van der Waals surface area contributed by atoms with Crippen LogP contribution in [-0.2, 0) is 11.2 Å². The molecular weight excluding hydrogens is 264 g/mol. The van der Waals surface area contributed by atoms with E-state index in [1.165, 1.54) is 0 Å². The number of Topliss-reactive ketones (excluding diaryl/α,β-unsaturated/α-hetero) is 1. The molecule has 1 nitrogen and oxygen atoms in total. The standard InChI is InChI=1S/C18H18OS/c1-2-9-18(20-16-12-7-4-8-13-16)17(19)14-15-10-5-3-6-11-15/h2-8,10-13,18H,1,9,14H2. The molecule has 1 unspecified atom stereocenters. The number of hydrogen-bond acceptors (Lipinski definition) is 2. The summed E-state index contributed by atoms with van der Waals surface area (Å²) in [6, 6.07) is 19.9. The van der Waals surface area contributed by atoms with E-state index in [1.54, 1.807) is 11.8 Å². The highest BCUT2D eigenvalue weighted by Gasteiger charge is 2.18. The van der Waals surface area contributed by atoms with Crippen LogP contribution in [0, 0.1) is 0 Å². The second kappa shape index (κ2) is 7.71. The fraction of sp³-hybridized carbons (Fsp3) is 0.167. The molecule has 0 aromatic heterocycles. The normalized spacial score (nSPS) is 11.8. The van der Waals surface area contributed by atoms with Crippen LogP contribution < -0.4 is 0 Å². The highest BCUT2D eigenvalue weighted by molar-refractivity contribution is 8.00. The largest absolute Gasteiger partial charge is 0.298 e. The van der Waals surface area contributed by atoms with Crippen molar-refractivity contribution in [3.63, 3.8) is 0 Å². The molecule has 2 heteroatoms. The minimum absolute atomic E-state index is 0.0601. The van der Waals surface area contributed by atoms with Crippen molar-refractivity contribution in [2.45, 2.75) is 23.0 Å². The Hall–Kier alpha value is -1.80. The van der Waals surface area contributed by atoms with Crippen LogP contribution in [0.2, 0.25) is 0 Å². The molecule has 1 atom stereocenters. The van der Waals surface area contributed by atoms with Gasteiger partial charge in [-0.05, 0) is 24.1 Å². The number of carbonyl (C=O) groups is 1. The van der Waals surface area contributed by atoms with Crippen LogP contribution in [0.15, 0.2) is 78.2 Å². The van der Waals surface area contributed by atoms with E-state index >= 15 is 0 Å². The van der Waals surface area contributed by atoms with Crippen LogP contribution in [-0.4, -0.2) is 11.0 Å². The van der Waals surface area contributed by atoms with E-state index in [0.717, 1.165) is 10.5 Å². The second-order valence-electron chi connectivity index (χ2n) is 4.57. The van der Waals surface area contributed by atoms with Gasteiger partial charge in [-0.1, -0.05) is 54.6 Å². The third kappa shape index (κ3) is 4.39. The summed E-state index contributed by atoms with van der Waals surface area (Å²) in [7, 11) is 0. The van der Waals surface area contributed by atoms with Gasteiger partial charge in [-0.3, -0.25) is 4.79 Å². The van der Waals surface area contributed by atoms with Crippen LogP contribution in [0.5, 0.6) is 0 Å². The van der Waals surface area contributed by atoms with Gasteiger partial charge in [-0.15, -0.1) is 18.3 Å². The summed E-state index contributed by atoms with van der Waals surface area (Å²) < 4.78 is 0. The number of carbonyl (C=O) groups excluding carboxylic acids is 1. The van der Waals surface area contributed by atoms with Crippen molar-refractivity contribution in [2.75, 3.05) is 0 Å². The Labute approximate surface area is 124 Å². The molecule has 0 N–H and O–H groups in total. The lowest BCUT2D eigenvalue weighted by Crippen LogP contribution is -2.18. The Bertz CT molecular complexity index is 548. The van der Waals surface area contributed by atoms with E-state index in [-0.39, 0.29) is 11.0 Å². The maximum Gasteiger partial charge on any atom is 0.150 e. The predicted molar refractivity (Wildman–Crippen MR) is 86.1 cm³/mol. The summed E-state index contributed by atoms with van der Waals surface area (Å²) in [5.74, 6) is 0.255. The summed E-state index contributed by atoms with van der Waals surface area (Å²) in [4.78, 5) is 13.6. The first-order valence-corrected chi connectivity index (χ1v) is 7.57. The Kier molecular flexibility index (Phi) is 5.63. The molecule has 2 aromatic carbocycles. The maximum atomic E-state index is 12.4. The first-order valence-electron chi connectivity index (χ1n) is 6.69. The zero-order valence-electron chi connectivity index (χ0n) is 11.4. The molecule has 0 aliphatic rings. The van der Waals surface area contributed by atoms with Gasteiger partial charge < -0.3 is 0 Å². The molecule has 0 radical (unpaired) electrons. The van der Waals surface area contributed by atoms with Crippen molar-refractivity contribution in [3.8, 4) is 0 Å². The van der Waals surface area contributed by atoms with Crippen molar-refractivity contribution in [2.24, 2.45) is 0 Å². The smallest absolute Gasteiger partial charge is 0.150 e. The zero-order valence-corrected chi connectivity index (χ0v) is 12.2. The molecule has 0 aliphatic heterocycles. The van der Waals surface area contributed by atoms with Crippen LogP contribution >= 0.6 is 11.8 Å². The van der Waals surface area contributed by atoms with Gasteiger partial charge in [0.25, 0.3) is 0 Å². The van der Waals surface area contributed by atoms with E-state index in [4.69, 9.17) is 0 Å².